The van der Waals surface area contributed by atoms with Gasteiger partial charge in [0, 0.05) is 6.07 Å². The van der Waals surface area contributed by atoms with Crippen molar-refractivity contribution >= 4 is 16.7 Å². The molecule has 0 unspecified atom stereocenters. The van der Waals surface area contributed by atoms with E-state index in [1.165, 1.54) is 12.3 Å². The van der Waals surface area contributed by atoms with Crippen molar-refractivity contribution in [1.29, 1.82) is 10.5 Å². The third-order valence-electron chi connectivity index (χ3n) is 3.70. The molecule has 0 atom stereocenters. The highest BCUT2D eigenvalue weighted by molar-refractivity contribution is 5.73. The lowest BCUT2D eigenvalue weighted by Crippen LogP contribution is -2.25. The van der Waals surface area contributed by atoms with E-state index in [1.54, 1.807) is 24.3 Å². The van der Waals surface area contributed by atoms with Crippen molar-refractivity contribution in [2.75, 3.05) is 11.4 Å². The van der Waals surface area contributed by atoms with Crippen LogP contribution in [0.2, 0.25) is 0 Å². The summed E-state index contributed by atoms with van der Waals surface area (Å²) in [6.07, 6.45) is 1.45. The first-order valence-corrected chi connectivity index (χ1v) is 7.45. The molecular weight excluding hydrogens is 343 g/mol. The van der Waals surface area contributed by atoms with E-state index in [-0.39, 0.29) is 13.1 Å². The fourth-order valence-electron chi connectivity index (χ4n) is 2.49. The van der Waals surface area contributed by atoms with E-state index in [9.17, 15) is 13.2 Å². The molecule has 0 aliphatic rings. The normalized spacial score (nSPS) is 10.3. The Bertz CT molecular complexity index is 1070. The van der Waals surface area contributed by atoms with Gasteiger partial charge < -0.3 is 4.90 Å². The predicted octanol–water partition coefficient (Wildman–Crippen LogP) is 3.45. The second-order valence-electron chi connectivity index (χ2n) is 5.36. The number of hydrogen-bond donors (Lipinski definition) is 0. The standard InChI is InChI=1S/C18H10F3N5/c19-13-7-16(18(21)17(20)12(13)8-23)26(6-5-22)10-11-9-24-14-3-1-2-4-15(14)25-11/h1-4,7,9H,6,10H2. The second-order valence-corrected chi connectivity index (χ2v) is 5.36. The van der Waals surface area contributed by atoms with Gasteiger partial charge in [-0.15, -0.1) is 0 Å². The Morgan fingerprint density at radius 1 is 1.04 bits per heavy atom. The van der Waals surface area contributed by atoms with E-state index in [0.29, 0.717) is 22.8 Å². The number of aromatic nitrogens is 2. The van der Waals surface area contributed by atoms with Crippen LogP contribution in [0.3, 0.4) is 0 Å². The first kappa shape index (κ1) is 17.2. The number of nitrogens with zero attached hydrogens (tertiary/aromatic N) is 5. The number of halogens is 3. The number of nitriles is 2. The van der Waals surface area contributed by atoms with Crippen molar-refractivity contribution in [2.45, 2.75) is 6.54 Å². The van der Waals surface area contributed by atoms with E-state index in [1.807, 2.05) is 6.07 Å². The van der Waals surface area contributed by atoms with Crippen LogP contribution < -0.4 is 4.90 Å². The Kier molecular flexibility index (Phi) is 4.68. The summed E-state index contributed by atoms with van der Waals surface area (Å²) < 4.78 is 42.0. The molecule has 0 saturated carbocycles. The summed E-state index contributed by atoms with van der Waals surface area (Å²) in [7, 11) is 0. The van der Waals surface area contributed by atoms with E-state index >= 15 is 0 Å². The molecule has 0 spiro atoms. The third-order valence-corrected chi connectivity index (χ3v) is 3.70. The van der Waals surface area contributed by atoms with Gasteiger partial charge in [-0.1, -0.05) is 12.1 Å². The van der Waals surface area contributed by atoms with Crippen LogP contribution in [0.25, 0.3) is 11.0 Å². The third kappa shape index (κ3) is 3.13. The maximum Gasteiger partial charge on any atom is 0.183 e. The van der Waals surface area contributed by atoms with Crippen molar-refractivity contribution in [1.82, 2.24) is 9.97 Å². The lowest BCUT2D eigenvalue weighted by atomic mass is 10.1. The van der Waals surface area contributed by atoms with Crippen molar-refractivity contribution in [3.05, 3.63) is 65.2 Å². The fourth-order valence-corrected chi connectivity index (χ4v) is 2.49. The summed E-state index contributed by atoms with van der Waals surface area (Å²) >= 11 is 0. The maximum absolute atomic E-state index is 14.3. The molecule has 1 heterocycles. The number of rotatable bonds is 4. The van der Waals surface area contributed by atoms with E-state index in [4.69, 9.17) is 10.5 Å². The summed E-state index contributed by atoms with van der Waals surface area (Å²) in [5.41, 5.74) is 0.178. The number of fused-ring (bicyclic) bond motifs is 1. The van der Waals surface area contributed by atoms with Crippen LogP contribution in [0.4, 0.5) is 18.9 Å². The van der Waals surface area contributed by atoms with Gasteiger partial charge in [-0.2, -0.15) is 10.5 Å². The fraction of sp³-hybridized carbons (Fsp3) is 0.111. The van der Waals surface area contributed by atoms with E-state index in [2.05, 4.69) is 9.97 Å². The minimum absolute atomic E-state index is 0.0902. The Balaban J connectivity index is 2.02. The Morgan fingerprint density at radius 2 is 1.77 bits per heavy atom. The van der Waals surface area contributed by atoms with Crippen LogP contribution in [0.15, 0.2) is 36.5 Å². The van der Waals surface area contributed by atoms with Gasteiger partial charge in [0.1, 0.15) is 24.0 Å². The molecule has 0 fully saturated rings. The zero-order valence-corrected chi connectivity index (χ0v) is 13.2. The van der Waals surface area contributed by atoms with E-state index < -0.39 is 28.7 Å². The molecule has 0 radical (unpaired) electrons. The van der Waals surface area contributed by atoms with Crippen LogP contribution >= 0.6 is 0 Å². The summed E-state index contributed by atoms with van der Waals surface area (Å²) in [5.74, 6) is -4.18. The molecule has 0 N–H and O–H groups in total. The number of para-hydroxylation sites is 2. The molecule has 0 saturated heterocycles. The highest BCUT2D eigenvalue weighted by Gasteiger charge is 2.23. The summed E-state index contributed by atoms with van der Waals surface area (Å²) in [6.45, 7) is -0.427. The lowest BCUT2D eigenvalue weighted by Gasteiger charge is -2.22. The predicted molar refractivity (Wildman–Crippen MR) is 87.2 cm³/mol. The van der Waals surface area contributed by atoms with Gasteiger partial charge in [0.2, 0.25) is 0 Å². The molecule has 3 rings (SSSR count). The van der Waals surface area contributed by atoms with Crippen molar-refractivity contribution in [2.24, 2.45) is 0 Å². The molecule has 0 aliphatic carbocycles. The first-order chi connectivity index (χ1) is 12.5. The molecule has 128 valence electrons. The second kappa shape index (κ2) is 7.08. The molecular formula is C18H10F3N5. The van der Waals surface area contributed by atoms with Crippen LogP contribution in [-0.2, 0) is 6.54 Å². The molecule has 3 aromatic rings. The molecule has 8 heteroatoms. The number of anilines is 1. The monoisotopic (exact) mass is 353 g/mol. The SMILES string of the molecule is N#CCN(Cc1cnc2ccccc2n1)c1cc(F)c(C#N)c(F)c1F. The molecule has 2 aromatic carbocycles. The molecule has 0 aliphatic heterocycles. The minimum Gasteiger partial charge on any atom is -0.350 e. The number of hydrogen-bond acceptors (Lipinski definition) is 5. The van der Waals surface area contributed by atoms with Crippen LogP contribution in [0.1, 0.15) is 11.3 Å². The van der Waals surface area contributed by atoms with Gasteiger partial charge in [0.15, 0.2) is 11.6 Å². The van der Waals surface area contributed by atoms with Gasteiger partial charge in [-0.25, -0.2) is 18.2 Å². The highest BCUT2D eigenvalue weighted by Crippen LogP contribution is 2.27. The van der Waals surface area contributed by atoms with Crippen molar-refractivity contribution in [3.63, 3.8) is 0 Å². The van der Waals surface area contributed by atoms with Crippen LogP contribution in [0, 0.1) is 40.1 Å². The Hall–Kier alpha value is -3.65. The smallest absolute Gasteiger partial charge is 0.183 e. The average molecular weight is 353 g/mol. The summed E-state index contributed by atoms with van der Waals surface area (Å²) in [4.78, 5) is 9.70. The van der Waals surface area contributed by atoms with Crippen molar-refractivity contribution in [3.8, 4) is 12.1 Å². The quantitative estimate of drug-likeness (QED) is 0.530. The Labute approximate surface area is 146 Å². The van der Waals surface area contributed by atoms with Crippen LogP contribution in [-0.4, -0.2) is 16.5 Å². The minimum atomic E-state index is -1.59. The molecule has 1 aromatic heterocycles. The van der Waals surface area contributed by atoms with Gasteiger partial charge in [-0.3, -0.25) is 4.98 Å². The molecule has 5 nitrogen and oxygen atoms in total. The van der Waals surface area contributed by atoms with Crippen molar-refractivity contribution < 1.29 is 13.2 Å². The first-order valence-electron chi connectivity index (χ1n) is 7.45. The van der Waals surface area contributed by atoms with E-state index in [0.717, 1.165) is 4.90 Å². The van der Waals surface area contributed by atoms with Gasteiger partial charge >= 0.3 is 0 Å². The average Bonchev–Trinajstić information content (AvgIpc) is 2.65. The molecule has 26 heavy (non-hydrogen) atoms. The Morgan fingerprint density at radius 3 is 2.46 bits per heavy atom. The van der Waals surface area contributed by atoms with Gasteiger partial charge in [-0.05, 0) is 12.1 Å². The zero-order valence-electron chi connectivity index (χ0n) is 13.2. The molecule has 0 bridgehead atoms. The highest BCUT2D eigenvalue weighted by atomic mass is 19.2. The van der Waals surface area contributed by atoms with Crippen LogP contribution in [0.5, 0.6) is 0 Å². The number of benzene rings is 2. The van der Waals surface area contributed by atoms with Gasteiger partial charge in [0.25, 0.3) is 0 Å². The summed E-state index contributed by atoms with van der Waals surface area (Å²) in [5, 5.41) is 17.7. The summed E-state index contributed by atoms with van der Waals surface area (Å²) in [6, 6.07) is 10.9. The maximum atomic E-state index is 14.3. The zero-order chi connectivity index (χ0) is 18.7. The topological polar surface area (TPSA) is 76.6 Å². The largest absolute Gasteiger partial charge is 0.350 e. The molecule has 0 amide bonds. The van der Waals surface area contributed by atoms with Gasteiger partial charge in [0.05, 0.1) is 41.2 Å². The lowest BCUT2D eigenvalue weighted by molar-refractivity contribution is 0.489.